The molecule has 0 radical (unpaired) electrons. The second-order valence-electron chi connectivity index (χ2n) is 7.44. The van der Waals surface area contributed by atoms with Crippen molar-refractivity contribution in [3.05, 3.63) is 76.4 Å². The second-order valence-corrected chi connectivity index (χ2v) is 7.44. The van der Waals surface area contributed by atoms with Gasteiger partial charge in [0.25, 0.3) is 0 Å². The number of hydrogen-bond donors (Lipinski definition) is 0. The summed E-state index contributed by atoms with van der Waals surface area (Å²) >= 11 is 0. The zero-order chi connectivity index (χ0) is 19.1. The van der Waals surface area contributed by atoms with Gasteiger partial charge in [0.1, 0.15) is 0 Å². The van der Waals surface area contributed by atoms with Gasteiger partial charge in [0.05, 0.1) is 5.56 Å². The number of Topliss-reactive ketones (excluding diaryl/α,β-unsaturated/α-hetero) is 1. The Kier molecular flexibility index (Phi) is 4.53. The largest absolute Gasteiger partial charge is 0.379 e. The molecule has 0 fully saturated rings. The fraction of sp³-hybridized carbons (Fsp3) is 0.273. The number of benzene rings is 2. The van der Waals surface area contributed by atoms with Crippen molar-refractivity contribution in [2.45, 2.75) is 39.0 Å². The zero-order valence-corrected chi connectivity index (χ0v) is 15.2. The minimum atomic E-state index is -1.03. The van der Waals surface area contributed by atoms with Gasteiger partial charge in [-0.05, 0) is 64.8 Å². The van der Waals surface area contributed by atoms with Gasteiger partial charge in [0.15, 0.2) is 5.78 Å². The number of rotatable bonds is 3. The van der Waals surface area contributed by atoms with E-state index in [0.717, 1.165) is 39.8 Å². The molecule has 26 heavy (non-hydrogen) atoms. The van der Waals surface area contributed by atoms with Gasteiger partial charge in [0, 0.05) is 16.5 Å². The molecule has 1 aliphatic rings. The molecule has 3 rings (SSSR count). The van der Waals surface area contributed by atoms with E-state index in [4.69, 9.17) is 0 Å². The Hall–Kier alpha value is -2.75. The van der Waals surface area contributed by atoms with Gasteiger partial charge in [-0.3, -0.25) is 4.79 Å². The molecule has 0 aliphatic heterocycles. The highest BCUT2D eigenvalue weighted by Crippen LogP contribution is 2.39. The molecule has 0 atom stereocenters. The van der Waals surface area contributed by atoms with E-state index in [0.29, 0.717) is 6.42 Å². The first-order chi connectivity index (χ1) is 12.2. The van der Waals surface area contributed by atoms with Crippen molar-refractivity contribution >= 4 is 17.3 Å². The molecule has 0 amide bonds. The molecule has 134 valence electrons. The Bertz CT molecular complexity index is 908. The van der Waals surface area contributed by atoms with Crippen molar-refractivity contribution in [2.24, 2.45) is 0 Å². The number of carbonyl (C=O) groups excluding carboxylic acids is 2. The minimum absolute atomic E-state index is 0.0256. The van der Waals surface area contributed by atoms with Crippen LogP contribution in [0.2, 0.25) is 0 Å². The van der Waals surface area contributed by atoms with E-state index >= 15 is 0 Å². The number of fused-ring (bicyclic) bond motifs is 1. The van der Waals surface area contributed by atoms with Crippen molar-refractivity contribution in [3.63, 3.8) is 0 Å². The lowest BCUT2D eigenvalue weighted by Crippen LogP contribution is -2.27. The molecule has 0 unspecified atom stereocenters. The highest BCUT2D eigenvalue weighted by molar-refractivity contribution is 6.00. The van der Waals surface area contributed by atoms with Crippen LogP contribution in [0.3, 0.4) is 0 Å². The van der Waals surface area contributed by atoms with E-state index in [1.165, 1.54) is 12.1 Å². The maximum absolute atomic E-state index is 12.4. The highest BCUT2D eigenvalue weighted by Gasteiger charge is 2.32. The molecule has 0 saturated carbocycles. The first-order valence-corrected chi connectivity index (χ1v) is 8.55. The number of aryl methyl sites for hydroxylation is 1. The highest BCUT2D eigenvalue weighted by atomic mass is 19.3. The maximum atomic E-state index is 12.4. The lowest BCUT2D eigenvalue weighted by Gasteiger charge is -2.32. The number of carbonyl (C=O) groups is 2. The molecule has 0 heterocycles. The number of halogens is 1. The summed E-state index contributed by atoms with van der Waals surface area (Å²) in [5.74, 6) is -0.866. The molecule has 0 N–H and O–H groups in total. The summed E-state index contributed by atoms with van der Waals surface area (Å²) in [7, 11) is 0. The van der Waals surface area contributed by atoms with Crippen molar-refractivity contribution < 1.29 is 19.1 Å². The molecule has 0 spiro atoms. The molecule has 3 nitrogen and oxygen atoms in total. The van der Waals surface area contributed by atoms with Crippen LogP contribution < -0.4 is 0 Å². The molecule has 2 aromatic rings. The van der Waals surface area contributed by atoms with Gasteiger partial charge in [-0.2, -0.15) is 0 Å². The summed E-state index contributed by atoms with van der Waals surface area (Å²) < 4.78 is 12.0. The van der Waals surface area contributed by atoms with Crippen LogP contribution in [0.5, 0.6) is 0 Å². The normalized spacial score (nSPS) is 15.3. The van der Waals surface area contributed by atoms with Crippen LogP contribution in [0.25, 0.3) is 5.57 Å². The monoisotopic (exact) mass is 352 g/mol. The second kappa shape index (κ2) is 6.52. The maximum Gasteiger partial charge on any atom is 0.379 e. The predicted molar refractivity (Wildman–Crippen MR) is 98.9 cm³/mol. The standard InChI is InChI=1S/C22H21FO3/c1-13-11-19-18(20(24)9-10-22(19,3)4)12-17(13)14(2)15-5-7-16(8-6-15)21(25)26-23/h5-8,11-12H,2,9-10H2,1,3-4H3. The van der Waals surface area contributed by atoms with Gasteiger partial charge in [0.2, 0.25) is 0 Å². The third-order valence-electron chi connectivity index (χ3n) is 5.24. The average Bonchev–Trinajstić information content (AvgIpc) is 2.64. The third-order valence-corrected chi connectivity index (χ3v) is 5.24. The van der Waals surface area contributed by atoms with E-state index in [1.54, 1.807) is 12.1 Å². The van der Waals surface area contributed by atoms with Gasteiger partial charge in [-0.25, -0.2) is 9.74 Å². The molecule has 4 heteroatoms. The lowest BCUT2D eigenvalue weighted by atomic mass is 9.71. The molecular weight excluding hydrogens is 331 g/mol. The molecule has 0 saturated heterocycles. The van der Waals surface area contributed by atoms with Gasteiger partial charge in [-0.15, -0.1) is 0 Å². The molecule has 2 aromatic carbocycles. The third kappa shape index (κ3) is 3.07. The van der Waals surface area contributed by atoms with Crippen LogP contribution in [0.1, 0.15) is 69.7 Å². The molecule has 0 aromatic heterocycles. The van der Waals surface area contributed by atoms with Crippen LogP contribution in [0, 0.1) is 6.92 Å². The average molecular weight is 352 g/mol. The summed E-state index contributed by atoms with van der Waals surface area (Å²) in [5.41, 5.74) is 5.45. The fourth-order valence-electron chi connectivity index (χ4n) is 3.53. The van der Waals surface area contributed by atoms with E-state index in [1.807, 2.05) is 13.0 Å². The SMILES string of the molecule is C=C(c1ccc(C(=O)OF)cc1)c1cc2c(cc1C)C(C)(C)CCC2=O. The Morgan fingerprint density at radius 1 is 1.15 bits per heavy atom. The van der Waals surface area contributed by atoms with E-state index < -0.39 is 5.97 Å². The van der Waals surface area contributed by atoms with Gasteiger partial charge in [-0.1, -0.05) is 38.6 Å². The van der Waals surface area contributed by atoms with Crippen LogP contribution in [0.15, 0.2) is 43.0 Å². The Morgan fingerprint density at radius 3 is 2.38 bits per heavy atom. The van der Waals surface area contributed by atoms with Crippen molar-refractivity contribution in [2.75, 3.05) is 0 Å². The van der Waals surface area contributed by atoms with Crippen molar-refractivity contribution in [1.29, 1.82) is 0 Å². The number of ketones is 1. The lowest BCUT2D eigenvalue weighted by molar-refractivity contribution is -0.0788. The van der Waals surface area contributed by atoms with Crippen LogP contribution in [-0.4, -0.2) is 11.8 Å². The topological polar surface area (TPSA) is 43.4 Å². The zero-order valence-electron chi connectivity index (χ0n) is 15.2. The first kappa shape index (κ1) is 18.1. The summed E-state index contributed by atoms with van der Waals surface area (Å²) in [5, 5.41) is 0. The van der Waals surface area contributed by atoms with E-state index in [9.17, 15) is 14.1 Å². The van der Waals surface area contributed by atoms with E-state index in [-0.39, 0.29) is 16.8 Å². The van der Waals surface area contributed by atoms with Gasteiger partial charge >= 0.3 is 5.97 Å². The first-order valence-electron chi connectivity index (χ1n) is 8.55. The Balaban J connectivity index is 2.02. The molecule has 1 aliphatic carbocycles. The summed E-state index contributed by atoms with van der Waals surface area (Å²) in [6.45, 7) is 10.5. The summed E-state index contributed by atoms with van der Waals surface area (Å²) in [6.07, 6.45) is 1.40. The van der Waals surface area contributed by atoms with Crippen LogP contribution in [0.4, 0.5) is 4.53 Å². The van der Waals surface area contributed by atoms with Crippen LogP contribution >= 0.6 is 0 Å². The smallest absolute Gasteiger partial charge is 0.294 e. The summed E-state index contributed by atoms with van der Waals surface area (Å²) in [4.78, 5) is 26.9. The van der Waals surface area contributed by atoms with Crippen molar-refractivity contribution in [1.82, 2.24) is 0 Å². The summed E-state index contributed by atoms with van der Waals surface area (Å²) in [6, 6.07) is 10.4. The number of hydrogen-bond acceptors (Lipinski definition) is 3. The van der Waals surface area contributed by atoms with Crippen molar-refractivity contribution in [3.8, 4) is 0 Å². The molecular formula is C22H21FO3. The van der Waals surface area contributed by atoms with E-state index in [2.05, 4.69) is 31.4 Å². The molecule has 0 bridgehead atoms. The predicted octanol–water partition coefficient (Wildman–Crippen LogP) is 5.35. The minimum Gasteiger partial charge on any atom is -0.294 e. The Morgan fingerprint density at radius 2 is 1.77 bits per heavy atom. The quantitative estimate of drug-likeness (QED) is 0.748. The Labute approximate surface area is 152 Å². The van der Waals surface area contributed by atoms with Crippen LogP contribution in [-0.2, 0) is 10.4 Å². The fourth-order valence-corrected chi connectivity index (χ4v) is 3.53. The van der Waals surface area contributed by atoms with Gasteiger partial charge < -0.3 is 0 Å².